The second kappa shape index (κ2) is 11.8. The average Bonchev–Trinajstić information content (AvgIpc) is 3.16. The molecular formula is C22H22Cl2N4O3S. The Kier molecular flexibility index (Phi) is 8.84. The summed E-state index contributed by atoms with van der Waals surface area (Å²) in [5.74, 6) is 2.45. The highest BCUT2D eigenvalue weighted by Crippen LogP contribution is 2.29. The van der Waals surface area contributed by atoms with Crippen molar-refractivity contribution in [2.24, 2.45) is 0 Å². The van der Waals surface area contributed by atoms with Crippen LogP contribution >= 0.6 is 35.0 Å². The number of rotatable bonds is 11. The lowest BCUT2D eigenvalue weighted by atomic mass is 10.3. The molecule has 7 nitrogen and oxygen atoms in total. The first kappa shape index (κ1) is 24.0. The summed E-state index contributed by atoms with van der Waals surface area (Å²) in [5.41, 5.74) is 0.448. The van der Waals surface area contributed by atoms with Crippen LogP contribution in [0.4, 0.5) is 5.69 Å². The predicted molar refractivity (Wildman–Crippen MR) is 128 cm³/mol. The van der Waals surface area contributed by atoms with Crippen LogP contribution in [0.25, 0.3) is 0 Å². The standard InChI is InChI=1S/C22H22Cl2N4O3S/c1-3-11-28-19(14-20(29)25-18-6-4-5-17(23)21(18)24)26-27-22(28)32-13-12-31-16-9-7-15(30-2)8-10-16/h3-10H,1,11-14H2,2H3,(H,25,29). The number of halogens is 2. The second-order valence-corrected chi connectivity index (χ2v) is 8.34. The second-order valence-electron chi connectivity index (χ2n) is 6.50. The monoisotopic (exact) mass is 492 g/mol. The maximum absolute atomic E-state index is 12.5. The van der Waals surface area contributed by atoms with Crippen LogP contribution in [0.15, 0.2) is 60.3 Å². The van der Waals surface area contributed by atoms with Crippen molar-refractivity contribution in [1.82, 2.24) is 14.8 Å². The summed E-state index contributed by atoms with van der Waals surface area (Å²) >= 11 is 13.6. The number of ether oxygens (including phenoxy) is 2. The number of nitrogens with zero attached hydrogens (tertiary/aromatic N) is 3. The fraction of sp³-hybridized carbons (Fsp3) is 0.227. The number of hydrogen-bond acceptors (Lipinski definition) is 6. The molecule has 2 aromatic carbocycles. The SMILES string of the molecule is C=CCn1c(CC(=O)Nc2cccc(Cl)c2Cl)nnc1SCCOc1ccc(OC)cc1. The maximum Gasteiger partial charge on any atom is 0.232 e. The molecule has 0 aliphatic carbocycles. The van der Waals surface area contributed by atoms with Crippen LogP contribution in [-0.2, 0) is 17.8 Å². The number of amides is 1. The fourth-order valence-electron chi connectivity index (χ4n) is 2.77. The highest BCUT2D eigenvalue weighted by Gasteiger charge is 2.16. The normalized spacial score (nSPS) is 10.6. The zero-order chi connectivity index (χ0) is 22.9. The zero-order valence-electron chi connectivity index (χ0n) is 17.4. The number of methoxy groups -OCH3 is 1. The molecule has 0 saturated heterocycles. The third-order valence-electron chi connectivity index (χ3n) is 4.29. The summed E-state index contributed by atoms with van der Waals surface area (Å²) < 4.78 is 12.7. The van der Waals surface area contributed by atoms with Crippen molar-refractivity contribution in [3.63, 3.8) is 0 Å². The molecule has 168 valence electrons. The van der Waals surface area contributed by atoms with E-state index in [9.17, 15) is 4.79 Å². The third kappa shape index (κ3) is 6.41. The van der Waals surface area contributed by atoms with Crippen LogP contribution in [0.3, 0.4) is 0 Å². The van der Waals surface area contributed by atoms with Crippen LogP contribution in [0.5, 0.6) is 11.5 Å². The number of benzene rings is 2. The fourth-order valence-corrected chi connectivity index (χ4v) is 3.90. The minimum Gasteiger partial charge on any atom is -0.497 e. The molecule has 0 unspecified atom stereocenters. The van der Waals surface area contributed by atoms with Crippen molar-refractivity contribution in [3.8, 4) is 11.5 Å². The minimum atomic E-state index is -0.272. The molecule has 0 atom stereocenters. The molecule has 0 fully saturated rings. The number of hydrogen-bond donors (Lipinski definition) is 1. The lowest BCUT2D eigenvalue weighted by Gasteiger charge is -2.10. The van der Waals surface area contributed by atoms with Crippen molar-refractivity contribution in [3.05, 3.63) is 71.0 Å². The smallest absolute Gasteiger partial charge is 0.232 e. The van der Waals surface area contributed by atoms with Crippen LogP contribution in [-0.4, -0.2) is 40.1 Å². The Morgan fingerprint density at radius 2 is 1.94 bits per heavy atom. The van der Waals surface area contributed by atoms with Gasteiger partial charge in [-0.25, -0.2) is 0 Å². The van der Waals surface area contributed by atoms with Gasteiger partial charge < -0.3 is 19.4 Å². The van der Waals surface area contributed by atoms with Crippen molar-refractivity contribution in [2.45, 2.75) is 18.1 Å². The predicted octanol–water partition coefficient (Wildman–Crippen LogP) is 5.13. The zero-order valence-corrected chi connectivity index (χ0v) is 19.7. The van der Waals surface area contributed by atoms with Gasteiger partial charge in [0, 0.05) is 12.3 Å². The van der Waals surface area contributed by atoms with Gasteiger partial charge in [0.15, 0.2) is 5.16 Å². The number of allylic oxidation sites excluding steroid dienone is 1. The van der Waals surface area contributed by atoms with E-state index in [1.165, 1.54) is 11.8 Å². The van der Waals surface area contributed by atoms with Crippen LogP contribution in [0, 0.1) is 0 Å². The lowest BCUT2D eigenvalue weighted by molar-refractivity contribution is -0.115. The Labute approximate surface area is 200 Å². The van der Waals surface area contributed by atoms with Crippen LogP contribution < -0.4 is 14.8 Å². The summed E-state index contributed by atoms with van der Waals surface area (Å²) in [5, 5.41) is 12.5. The van der Waals surface area contributed by atoms with Gasteiger partial charge in [-0.1, -0.05) is 47.1 Å². The topological polar surface area (TPSA) is 78.3 Å². The first-order valence-corrected chi connectivity index (χ1v) is 11.4. The van der Waals surface area contributed by atoms with E-state index in [0.29, 0.717) is 45.6 Å². The molecule has 1 N–H and O–H groups in total. The molecule has 3 aromatic rings. The molecule has 0 aliphatic heterocycles. The van der Waals surface area contributed by atoms with Crippen LogP contribution in [0.1, 0.15) is 5.82 Å². The number of nitrogens with one attached hydrogen (secondary N) is 1. The average molecular weight is 493 g/mol. The van der Waals surface area contributed by atoms with E-state index in [4.69, 9.17) is 32.7 Å². The van der Waals surface area contributed by atoms with E-state index in [0.717, 1.165) is 11.5 Å². The molecular weight excluding hydrogens is 471 g/mol. The third-order valence-corrected chi connectivity index (χ3v) is 6.04. The van der Waals surface area contributed by atoms with E-state index in [1.54, 1.807) is 31.4 Å². The number of anilines is 1. The molecule has 10 heteroatoms. The summed E-state index contributed by atoms with van der Waals surface area (Å²) in [6, 6.07) is 12.5. The Morgan fingerprint density at radius 3 is 2.66 bits per heavy atom. The molecule has 0 bridgehead atoms. The highest BCUT2D eigenvalue weighted by molar-refractivity contribution is 7.99. The number of carbonyl (C=O) groups excluding carboxylic acids is 1. The lowest BCUT2D eigenvalue weighted by Crippen LogP contribution is -2.18. The van der Waals surface area contributed by atoms with E-state index < -0.39 is 0 Å². The molecule has 0 spiro atoms. The number of thioether (sulfide) groups is 1. The van der Waals surface area contributed by atoms with E-state index in [-0.39, 0.29) is 12.3 Å². The van der Waals surface area contributed by atoms with Crippen molar-refractivity contribution in [2.75, 3.05) is 24.8 Å². The summed E-state index contributed by atoms with van der Waals surface area (Å²) in [4.78, 5) is 12.5. The quantitative estimate of drug-likeness (QED) is 0.227. The molecule has 0 aliphatic rings. The van der Waals surface area contributed by atoms with Gasteiger partial charge in [0.1, 0.15) is 17.3 Å². The molecule has 0 radical (unpaired) electrons. The number of aromatic nitrogens is 3. The first-order chi connectivity index (χ1) is 15.5. The highest BCUT2D eigenvalue weighted by atomic mass is 35.5. The first-order valence-electron chi connectivity index (χ1n) is 9.68. The molecule has 1 heterocycles. The van der Waals surface area contributed by atoms with E-state index in [1.807, 2.05) is 28.8 Å². The van der Waals surface area contributed by atoms with Crippen molar-refractivity contribution >= 4 is 46.6 Å². The molecule has 32 heavy (non-hydrogen) atoms. The molecule has 1 aromatic heterocycles. The van der Waals surface area contributed by atoms with Gasteiger partial charge >= 0.3 is 0 Å². The Morgan fingerprint density at radius 1 is 1.19 bits per heavy atom. The van der Waals surface area contributed by atoms with Gasteiger partial charge in [0.25, 0.3) is 0 Å². The van der Waals surface area contributed by atoms with Crippen molar-refractivity contribution in [1.29, 1.82) is 0 Å². The van der Waals surface area contributed by atoms with Gasteiger partial charge in [-0.05, 0) is 36.4 Å². The Bertz CT molecular complexity index is 1070. The largest absolute Gasteiger partial charge is 0.497 e. The summed E-state index contributed by atoms with van der Waals surface area (Å²) in [6.07, 6.45) is 1.77. The van der Waals surface area contributed by atoms with E-state index >= 15 is 0 Å². The van der Waals surface area contributed by atoms with Gasteiger partial charge in [0.05, 0.1) is 35.9 Å². The van der Waals surface area contributed by atoms with Crippen molar-refractivity contribution < 1.29 is 14.3 Å². The molecule has 1 amide bonds. The summed E-state index contributed by atoms with van der Waals surface area (Å²) in [6.45, 7) is 4.75. The van der Waals surface area contributed by atoms with E-state index in [2.05, 4.69) is 22.1 Å². The summed E-state index contributed by atoms with van der Waals surface area (Å²) in [7, 11) is 1.62. The Balaban J connectivity index is 1.57. The Hall–Kier alpha value is -2.68. The minimum absolute atomic E-state index is 0.0343. The molecule has 3 rings (SSSR count). The van der Waals surface area contributed by atoms with Crippen LogP contribution in [0.2, 0.25) is 10.0 Å². The van der Waals surface area contributed by atoms with Gasteiger partial charge in [-0.3, -0.25) is 4.79 Å². The maximum atomic E-state index is 12.5. The van der Waals surface area contributed by atoms with Gasteiger partial charge in [0.2, 0.25) is 5.91 Å². The molecule has 0 saturated carbocycles. The van der Waals surface area contributed by atoms with Gasteiger partial charge in [-0.15, -0.1) is 16.8 Å². The number of carbonyl (C=O) groups is 1. The van der Waals surface area contributed by atoms with Gasteiger partial charge in [-0.2, -0.15) is 0 Å².